The van der Waals surface area contributed by atoms with Crippen LogP contribution in [-0.4, -0.2) is 26.1 Å². The van der Waals surface area contributed by atoms with E-state index < -0.39 is 11.9 Å². The van der Waals surface area contributed by atoms with Gasteiger partial charge in [0.05, 0.1) is 19.8 Å². The Morgan fingerprint density at radius 3 is 2.30 bits per heavy atom. The fourth-order valence-electron chi connectivity index (χ4n) is 2.64. The standard InChI is InChI=1S/C23H18N2O5/c1-28-19-9-7-18(8-10-19)25-22(26)17(14-24)13-20-11-12-21(30-20)15-3-5-16(6-4-15)23(27)29-2/h3-13H,1-2H3,(H,25,26)/b17-13-. The third kappa shape index (κ3) is 4.75. The normalized spacial score (nSPS) is 10.8. The number of rotatable bonds is 6. The van der Waals surface area contributed by atoms with Gasteiger partial charge < -0.3 is 19.2 Å². The molecule has 1 heterocycles. The summed E-state index contributed by atoms with van der Waals surface area (Å²) in [6, 6.07) is 18.7. The van der Waals surface area contributed by atoms with Crippen LogP contribution < -0.4 is 10.1 Å². The number of amides is 1. The third-order valence-corrected chi connectivity index (χ3v) is 4.22. The number of nitrogens with one attached hydrogen (secondary N) is 1. The molecule has 0 atom stereocenters. The number of ether oxygens (including phenoxy) is 2. The summed E-state index contributed by atoms with van der Waals surface area (Å²) in [7, 11) is 2.87. The summed E-state index contributed by atoms with van der Waals surface area (Å²) in [6.07, 6.45) is 1.37. The number of furan rings is 1. The Morgan fingerprint density at radius 1 is 1.00 bits per heavy atom. The molecule has 0 spiro atoms. The molecule has 150 valence electrons. The molecule has 0 bridgehead atoms. The van der Waals surface area contributed by atoms with Crippen molar-refractivity contribution in [1.82, 2.24) is 0 Å². The van der Waals surface area contributed by atoms with Crippen LogP contribution >= 0.6 is 0 Å². The topological polar surface area (TPSA) is 102 Å². The molecule has 0 unspecified atom stereocenters. The Balaban J connectivity index is 1.75. The zero-order valence-electron chi connectivity index (χ0n) is 16.3. The lowest BCUT2D eigenvalue weighted by Gasteiger charge is -2.05. The van der Waals surface area contributed by atoms with Gasteiger partial charge in [0.15, 0.2) is 0 Å². The number of hydrogen-bond donors (Lipinski definition) is 1. The van der Waals surface area contributed by atoms with Crippen LogP contribution in [0.25, 0.3) is 17.4 Å². The van der Waals surface area contributed by atoms with Crippen molar-refractivity contribution in [2.75, 3.05) is 19.5 Å². The van der Waals surface area contributed by atoms with E-state index in [-0.39, 0.29) is 5.57 Å². The van der Waals surface area contributed by atoms with Gasteiger partial charge in [-0.1, -0.05) is 12.1 Å². The summed E-state index contributed by atoms with van der Waals surface area (Å²) in [5.74, 6) is 0.565. The highest BCUT2D eigenvalue weighted by Crippen LogP contribution is 2.24. The first kappa shape index (κ1) is 20.4. The molecule has 0 saturated heterocycles. The second-order valence-electron chi connectivity index (χ2n) is 6.12. The zero-order chi connectivity index (χ0) is 21.5. The van der Waals surface area contributed by atoms with Crippen molar-refractivity contribution in [3.05, 3.63) is 77.6 Å². The Labute approximate surface area is 173 Å². The molecule has 1 amide bonds. The molecule has 1 aromatic heterocycles. The van der Waals surface area contributed by atoms with Gasteiger partial charge in [-0.25, -0.2) is 4.79 Å². The van der Waals surface area contributed by atoms with Gasteiger partial charge in [-0.2, -0.15) is 5.26 Å². The average molecular weight is 402 g/mol. The fraction of sp³-hybridized carbons (Fsp3) is 0.0870. The molecule has 1 N–H and O–H groups in total. The number of methoxy groups -OCH3 is 2. The van der Waals surface area contributed by atoms with Crippen LogP contribution in [0.5, 0.6) is 5.75 Å². The molecule has 0 aliphatic carbocycles. The van der Waals surface area contributed by atoms with E-state index in [4.69, 9.17) is 9.15 Å². The summed E-state index contributed by atoms with van der Waals surface area (Å²) >= 11 is 0. The first-order valence-corrected chi connectivity index (χ1v) is 8.90. The summed E-state index contributed by atoms with van der Waals surface area (Å²) in [4.78, 5) is 23.9. The predicted octanol–water partition coefficient (Wildman–Crippen LogP) is 4.29. The Morgan fingerprint density at radius 2 is 1.70 bits per heavy atom. The molecule has 0 fully saturated rings. The van der Waals surface area contributed by atoms with Crippen LogP contribution in [0.3, 0.4) is 0 Å². The monoisotopic (exact) mass is 402 g/mol. The number of benzene rings is 2. The molecule has 0 aliphatic heterocycles. The number of anilines is 1. The largest absolute Gasteiger partial charge is 0.497 e. The number of carbonyl (C=O) groups excluding carboxylic acids is 2. The van der Waals surface area contributed by atoms with Gasteiger partial charge >= 0.3 is 5.97 Å². The van der Waals surface area contributed by atoms with E-state index in [9.17, 15) is 14.9 Å². The second-order valence-corrected chi connectivity index (χ2v) is 6.12. The second kappa shape index (κ2) is 9.26. The van der Waals surface area contributed by atoms with Crippen molar-refractivity contribution >= 4 is 23.6 Å². The summed E-state index contributed by atoms with van der Waals surface area (Å²) in [5, 5.41) is 12.0. The molecular weight excluding hydrogens is 384 g/mol. The van der Waals surface area contributed by atoms with Crippen LogP contribution in [0.2, 0.25) is 0 Å². The zero-order valence-corrected chi connectivity index (χ0v) is 16.3. The minimum Gasteiger partial charge on any atom is -0.497 e. The smallest absolute Gasteiger partial charge is 0.337 e. The molecule has 7 nitrogen and oxygen atoms in total. The minimum absolute atomic E-state index is 0.104. The van der Waals surface area contributed by atoms with Gasteiger partial charge in [-0.15, -0.1) is 0 Å². The molecular formula is C23H18N2O5. The van der Waals surface area contributed by atoms with E-state index in [2.05, 4.69) is 10.1 Å². The summed E-state index contributed by atoms with van der Waals surface area (Å²) in [6.45, 7) is 0. The highest BCUT2D eigenvalue weighted by atomic mass is 16.5. The summed E-state index contributed by atoms with van der Waals surface area (Å²) < 4.78 is 15.5. The predicted molar refractivity (Wildman–Crippen MR) is 111 cm³/mol. The van der Waals surface area contributed by atoms with Gasteiger partial charge in [0.1, 0.15) is 28.9 Å². The maximum Gasteiger partial charge on any atom is 0.337 e. The van der Waals surface area contributed by atoms with E-state index >= 15 is 0 Å². The number of carbonyl (C=O) groups is 2. The molecule has 0 radical (unpaired) electrons. The van der Waals surface area contributed by atoms with E-state index in [0.29, 0.717) is 28.5 Å². The van der Waals surface area contributed by atoms with Gasteiger partial charge in [0, 0.05) is 17.3 Å². The number of nitrogens with zero attached hydrogens (tertiary/aromatic N) is 1. The molecule has 7 heteroatoms. The van der Waals surface area contributed by atoms with Crippen molar-refractivity contribution in [3.8, 4) is 23.1 Å². The number of esters is 1. The highest BCUT2D eigenvalue weighted by molar-refractivity contribution is 6.09. The Bertz CT molecular complexity index is 1120. The number of nitriles is 1. The van der Waals surface area contributed by atoms with Gasteiger partial charge in [-0.3, -0.25) is 4.79 Å². The Kier molecular flexibility index (Phi) is 6.30. The van der Waals surface area contributed by atoms with Crippen molar-refractivity contribution < 1.29 is 23.5 Å². The average Bonchev–Trinajstić information content (AvgIpc) is 3.26. The SMILES string of the molecule is COC(=O)c1ccc(-c2ccc(/C=C(/C#N)C(=O)Nc3ccc(OC)cc3)o2)cc1. The van der Waals surface area contributed by atoms with Crippen molar-refractivity contribution in [2.24, 2.45) is 0 Å². The van der Waals surface area contributed by atoms with Gasteiger partial charge in [0.2, 0.25) is 0 Å². The maximum absolute atomic E-state index is 12.4. The quantitative estimate of drug-likeness (QED) is 0.375. The van der Waals surface area contributed by atoms with Crippen LogP contribution in [0.1, 0.15) is 16.1 Å². The van der Waals surface area contributed by atoms with Crippen molar-refractivity contribution in [3.63, 3.8) is 0 Å². The van der Waals surface area contributed by atoms with E-state index in [0.717, 1.165) is 5.56 Å². The van der Waals surface area contributed by atoms with Crippen LogP contribution in [-0.2, 0) is 9.53 Å². The van der Waals surface area contributed by atoms with E-state index in [1.807, 2.05) is 6.07 Å². The highest BCUT2D eigenvalue weighted by Gasteiger charge is 2.12. The van der Waals surface area contributed by atoms with E-state index in [1.54, 1.807) is 67.8 Å². The lowest BCUT2D eigenvalue weighted by atomic mass is 10.1. The first-order valence-electron chi connectivity index (χ1n) is 8.90. The lowest BCUT2D eigenvalue weighted by molar-refractivity contribution is -0.112. The minimum atomic E-state index is -0.553. The number of hydrogen-bond acceptors (Lipinski definition) is 6. The first-order chi connectivity index (χ1) is 14.5. The maximum atomic E-state index is 12.4. The van der Waals surface area contributed by atoms with Gasteiger partial charge in [0.25, 0.3) is 5.91 Å². The molecule has 0 saturated carbocycles. The molecule has 3 rings (SSSR count). The van der Waals surface area contributed by atoms with Crippen LogP contribution in [0.4, 0.5) is 5.69 Å². The lowest BCUT2D eigenvalue weighted by Crippen LogP contribution is -2.13. The molecule has 3 aromatic rings. The molecule has 30 heavy (non-hydrogen) atoms. The van der Waals surface area contributed by atoms with E-state index in [1.165, 1.54) is 13.2 Å². The Hall–Kier alpha value is -4.31. The molecule has 0 aliphatic rings. The molecule has 2 aromatic carbocycles. The van der Waals surface area contributed by atoms with Crippen LogP contribution in [0, 0.1) is 11.3 Å². The van der Waals surface area contributed by atoms with Crippen molar-refractivity contribution in [2.45, 2.75) is 0 Å². The van der Waals surface area contributed by atoms with Crippen molar-refractivity contribution in [1.29, 1.82) is 5.26 Å². The summed E-state index contributed by atoms with van der Waals surface area (Å²) in [5.41, 5.74) is 1.60. The fourth-order valence-corrected chi connectivity index (χ4v) is 2.64. The third-order valence-electron chi connectivity index (χ3n) is 4.22. The van der Waals surface area contributed by atoms with Gasteiger partial charge in [-0.05, 0) is 48.5 Å². The van der Waals surface area contributed by atoms with Crippen LogP contribution in [0.15, 0.2) is 70.7 Å².